The minimum atomic E-state index is -0.290. The van der Waals surface area contributed by atoms with Crippen molar-refractivity contribution in [1.29, 1.82) is 0 Å². The van der Waals surface area contributed by atoms with Crippen LogP contribution in [0.15, 0.2) is 42.5 Å². The van der Waals surface area contributed by atoms with Gasteiger partial charge in [-0.1, -0.05) is 24.3 Å². The molecule has 1 amide bonds. The summed E-state index contributed by atoms with van der Waals surface area (Å²) in [6.45, 7) is 7.09. The van der Waals surface area contributed by atoms with E-state index in [2.05, 4.69) is 10.6 Å². The lowest BCUT2D eigenvalue weighted by Gasteiger charge is -2.20. The van der Waals surface area contributed by atoms with Crippen molar-refractivity contribution in [2.75, 3.05) is 20.8 Å². The molecule has 0 aliphatic carbocycles. The van der Waals surface area contributed by atoms with E-state index < -0.39 is 0 Å². The Morgan fingerprint density at radius 3 is 2.32 bits per heavy atom. The highest BCUT2D eigenvalue weighted by Crippen LogP contribution is 2.28. The number of nitrogens with one attached hydrogen (secondary N) is 2. The summed E-state index contributed by atoms with van der Waals surface area (Å²) in [5.41, 5.74) is 1.86. The average Bonchev–Trinajstić information content (AvgIpc) is 2.65. The van der Waals surface area contributed by atoms with Gasteiger partial charge >= 0.3 is 0 Å². The molecule has 152 valence electrons. The van der Waals surface area contributed by atoms with Gasteiger partial charge in [-0.15, -0.1) is 0 Å². The largest absolute Gasteiger partial charge is 0.496 e. The van der Waals surface area contributed by atoms with Crippen molar-refractivity contribution in [3.05, 3.63) is 53.6 Å². The van der Waals surface area contributed by atoms with E-state index in [9.17, 15) is 4.79 Å². The molecule has 0 aromatic heterocycles. The van der Waals surface area contributed by atoms with E-state index in [1.165, 1.54) is 0 Å². The molecule has 2 aromatic carbocycles. The second-order valence-corrected chi connectivity index (χ2v) is 7.49. The first-order valence-corrected chi connectivity index (χ1v) is 9.25. The van der Waals surface area contributed by atoms with Gasteiger partial charge in [0.15, 0.2) is 18.1 Å². The van der Waals surface area contributed by atoms with Gasteiger partial charge < -0.3 is 24.8 Å². The van der Waals surface area contributed by atoms with E-state index in [4.69, 9.17) is 14.2 Å². The molecule has 0 heterocycles. The highest BCUT2D eigenvalue weighted by molar-refractivity contribution is 5.78. The summed E-state index contributed by atoms with van der Waals surface area (Å²) in [5.74, 6) is 1.84. The zero-order valence-corrected chi connectivity index (χ0v) is 17.3. The van der Waals surface area contributed by atoms with Crippen LogP contribution in [-0.4, -0.2) is 32.3 Å². The zero-order chi connectivity index (χ0) is 20.6. The molecular weight excluding hydrogens is 356 g/mol. The van der Waals surface area contributed by atoms with Gasteiger partial charge in [0.1, 0.15) is 5.75 Å². The van der Waals surface area contributed by atoms with Crippen molar-refractivity contribution in [1.82, 2.24) is 10.6 Å². The number of para-hydroxylation sites is 1. The number of carbonyl (C=O) groups is 1. The number of rotatable bonds is 9. The van der Waals surface area contributed by atoms with Crippen LogP contribution >= 0.6 is 0 Å². The molecular formula is C22H30N2O4. The van der Waals surface area contributed by atoms with Gasteiger partial charge in [0, 0.05) is 24.2 Å². The second kappa shape index (κ2) is 9.99. The molecule has 0 fully saturated rings. The first-order chi connectivity index (χ1) is 13.3. The van der Waals surface area contributed by atoms with Crippen LogP contribution in [0.4, 0.5) is 0 Å². The summed E-state index contributed by atoms with van der Waals surface area (Å²) in [4.78, 5) is 11.9. The summed E-state index contributed by atoms with van der Waals surface area (Å²) < 4.78 is 16.4. The quantitative estimate of drug-likeness (QED) is 0.692. The van der Waals surface area contributed by atoms with E-state index in [-0.39, 0.29) is 18.1 Å². The lowest BCUT2D eigenvalue weighted by atomic mass is 10.1. The fourth-order valence-electron chi connectivity index (χ4n) is 2.73. The Balaban J connectivity index is 1.92. The van der Waals surface area contributed by atoms with E-state index >= 15 is 0 Å². The third-order valence-electron chi connectivity index (χ3n) is 3.94. The molecule has 0 aliphatic rings. The van der Waals surface area contributed by atoms with Crippen molar-refractivity contribution >= 4 is 5.91 Å². The smallest absolute Gasteiger partial charge is 0.258 e. The highest BCUT2D eigenvalue weighted by atomic mass is 16.5. The molecule has 0 saturated carbocycles. The van der Waals surface area contributed by atoms with Crippen LogP contribution in [-0.2, 0) is 17.9 Å². The normalized spacial score (nSPS) is 11.0. The number of amides is 1. The van der Waals surface area contributed by atoms with Crippen LogP contribution in [0.1, 0.15) is 31.9 Å². The van der Waals surface area contributed by atoms with Crippen LogP contribution in [0.5, 0.6) is 17.2 Å². The van der Waals surface area contributed by atoms with Gasteiger partial charge in [0.05, 0.1) is 14.2 Å². The first kappa shape index (κ1) is 21.6. The minimum Gasteiger partial charge on any atom is -0.496 e. The van der Waals surface area contributed by atoms with Crippen molar-refractivity contribution in [2.45, 2.75) is 39.4 Å². The second-order valence-electron chi connectivity index (χ2n) is 7.49. The Hall–Kier alpha value is -2.73. The molecule has 0 radical (unpaired) electrons. The average molecular weight is 386 g/mol. The van der Waals surface area contributed by atoms with E-state index in [1.54, 1.807) is 14.2 Å². The van der Waals surface area contributed by atoms with Gasteiger partial charge in [0.2, 0.25) is 0 Å². The number of hydrogen-bond donors (Lipinski definition) is 2. The fourth-order valence-corrected chi connectivity index (χ4v) is 2.73. The van der Waals surface area contributed by atoms with Crippen LogP contribution in [0, 0.1) is 0 Å². The van der Waals surface area contributed by atoms with Crippen molar-refractivity contribution in [2.24, 2.45) is 0 Å². The predicted molar refractivity (Wildman–Crippen MR) is 110 cm³/mol. The monoisotopic (exact) mass is 386 g/mol. The zero-order valence-electron chi connectivity index (χ0n) is 17.3. The first-order valence-electron chi connectivity index (χ1n) is 9.25. The number of hydrogen-bond acceptors (Lipinski definition) is 5. The van der Waals surface area contributed by atoms with Gasteiger partial charge in [0.25, 0.3) is 5.91 Å². The summed E-state index contributed by atoms with van der Waals surface area (Å²) in [7, 11) is 3.26. The maximum Gasteiger partial charge on any atom is 0.258 e. The van der Waals surface area contributed by atoms with Gasteiger partial charge in [-0.3, -0.25) is 4.79 Å². The topological polar surface area (TPSA) is 68.8 Å². The summed E-state index contributed by atoms with van der Waals surface area (Å²) >= 11 is 0. The summed E-state index contributed by atoms with van der Waals surface area (Å²) in [6.07, 6.45) is 0. The van der Waals surface area contributed by atoms with Crippen LogP contribution in [0.3, 0.4) is 0 Å². The fraction of sp³-hybridized carbons (Fsp3) is 0.409. The van der Waals surface area contributed by atoms with E-state index in [0.717, 1.165) is 16.9 Å². The molecule has 0 unspecified atom stereocenters. The van der Waals surface area contributed by atoms with Crippen LogP contribution < -0.4 is 24.8 Å². The summed E-state index contributed by atoms with van der Waals surface area (Å²) in [5, 5.41) is 6.27. The molecule has 0 atom stereocenters. The highest BCUT2D eigenvalue weighted by Gasteiger charge is 2.15. The van der Waals surface area contributed by atoms with E-state index in [1.807, 2.05) is 63.2 Å². The molecule has 0 saturated heterocycles. The molecule has 0 spiro atoms. The minimum absolute atomic E-state index is 0.0565. The summed E-state index contributed by atoms with van der Waals surface area (Å²) in [6, 6.07) is 13.6. The third kappa shape index (κ3) is 6.78. The molecule has 2 aromatic rings. The van der Waals surface area contributed by atoms with E-state index in [0.29, 0.717) is 24.6 Å². The molecule has 0 bridgehead atoms. The van der Waals surface area contributed by atoms with Crippen molar-refractivity contribution in [3.63, 3.8) is 0 Å². The Morgan fingerprint density at radius 2 is 1.64 bits per heavy atom. The van der Waals surface area contributed by atoms with Gasteiger partial charge in [-0.05, 0) is 44.5 Å². The third-order valence-corrected chi connectivity index (χ3v) is 3.94. The molecule has 0 aliphatic heterocycles. The maximum atomic E-state index is 11.9. The Bertz CT molecular complexity index is 784. The number of benzene rings is 2. The van der Waals surface area contributed by atoms with Crippen molar-refractivity contribution in [3.8, 4) is 17.2 Å². The SMILES string of the molecule is COc1ccccc1CNCc1ccc(OCC(=O)NC(C)(C)C)c(OC)c1. The van der Waals surface area contributed by atoms with Crippen LogP contribution in [0.2, 0.25) is 0 Å². The predicted octanol–water partition coefficient (Wildman–Crippen LogP) is 3.29. The lowest BCUT2D eigenvalue weighted by molar-refractivity contribution is -0.124. The van der Waals surface area contributed by atoms with Crippen molar-refractivity contribution < 1.29 is 19.0 Å². The van der Waals surface area contributed by atoms with Crippen LogP contribution in [0.25, 0.3) is 0 Å². The molecule has 6 heteroatoms. The Kier molecular flexibility index (Phi) is 7.70. The lowest BCUT2D eigenvalue weighted by Crippen LogP contribution is -2.43. The van der Waals surface area contributed by atoms with Gasteiger partial charge in [-0.2, -0.15) is 0 Å². The van der Waals surface area contributed by atoms with Gasteiger partial charge in [-0.25, -0.2) is 0 Å². The Labute approximate surface area is 167 Å². The standard InChI is InChI=1S/C22H30N2O4/c1-22(2,3)24-21(25)15-28-19-11-10-16(12-20(19)27-5)13-23-14-17-8-6-7-9-18(17)26-4/h6-12,23H,13-15H2,1-5H3,(H,24,25). The molecule has 6 nitrogen and oxygen atoms in total. The molecule has 2 rings (SSSR count). The Morgan fingerprint density at radius 1 is 0.929 bits per heavy atom. The number of methoxy groups -OCH3 is 2. The molecule has 28 heavy (non-hydrogen) atoms. The number of ether oxygens (including phenoxy) is 3. The molecule has 2 N–H and O–H groups in total. The number of carbonyl (C=O) groups excluding carboxylic acids is 1. The maximum absolute atomic E-state index is 11.9.